The van der Waals surface area contributed by atoms with Crippen LogP contribution in [0, 0.1) is 5.53 Å². The molecule has 10 nitrogen and oxygen atoms in total. The molecular weight excluding hydrogens is 410 g/mol. The predicted molar refractivity (Wildman–Crippen MR) is 122 cm³/mol. The van der Waals surface area contributed by atoms with E-state index in [-0.39, 0.29) is 24.2 Å². The summed E-state index contributed by atoms with van der Waals surface area (Å²) in [5, 5.41) is 30.5. The van der Waals surface area contributed by atoms with E-state index < -0.39 is 5.60 Å². The summed E-state index contributed by atoms with van der Waals surface area (Å²) >= 11 is 0. The van der Waals surface area contributed by atoms with Crippen molar-refractivity contribution in [3.8, 4) is 11.1 Å². The summed E-state index contributed by atoms with van der Waals surface area (Å²) in [5.74, 6) is 0.240. The zero-order valence-corrected chi connectivity index (χ0v) is 18.1. The van der Waals surface area contributed by atoms with Crippen molar-refractivity contribution in [2.24, 2.45) is 10.1 Å². The fourth-order valence-corrected chi connectivity index (χ4v) is 3.87. The van der Waals surface area contributed by atoms with Crippen LogP contribution < -0.4 is 10.9 Å². The van der Waals surface area contributed by atoms with Crippen LogP contribution in [0.1, 0.15) is 39.5 Å². The molecule has 1 atom stereocenters. The number of H-pyrrole nitrogens is 1. The Balaban J connectivity index is 1.69. The van der Waals surface area contributed by atoms with Gasteiger partial charge in [0.15, 0.2) is 0 Å². The van der Waals surface area contributed by atoms with Gasteiger partial charge in [0.05, 0.1) is 17.9 Å². The Hall–Kier alpha value is -3.37. The lowest BCUT2D eigenvalue weighted by atomic mass is 9.85. The molecular formula is C22H27N7O3. The van der Waals surface area contributed by atoms with Crippen molar-refractivity contribution in [2.75, 3.05) is 11.9 Å². The van der Waals surface area contributed by atoms with Gasteiger partial charge in [-0.2, -0.15) is 5.11 Å². The van der Waals surface area contributed by atoms with Crippen LogP contribution in [0.3, 0.4) is 0 Å². The number of nitrogens with zero attached hydrogens (tertiary/aromatic N) is 4. The summed E-state index contributed by atoms with van der Waals surface area (Å²) in [6.07, 6.45) is 4.32. The molecule has 0 bridgehead atoms. The van der Waals surface area contributed by atoms with Crippen molar-refractivity contribution >= 4 is 28.6 Å². The van der Waals surface area contributed by atoms with Crippen molar-refractivity contribution < 1.29 is 10.2 Å². The van der Waals surface area contributed by atoms with Crippen molar-refractivity contribution in [3.05, 3.63) is 40.8 Å². The molecule has 0 spiro atoms. The van der Waals surface area contributed by atoms with Gasteiger partial charge in [-0.25, -0.2) is 15.0 Å². The highest BCUT2D eigenvalue weighted by Crippen LogP contribution is 2.33. The third-order valence-corrected chi connectivity index (χ3v) is 5.78. The van der Waals surface area contributed by atoms with E-state index in [9.17, 15) is 15.0 Å². The Morgan fingerprint density at radius 2 is 2.09 bits per heavy atom. The van der Waals surface area contributed by atoms with E-state index >= 15 is 0 Å². The Morgan fingerprint density at radius 1 is 1.34 bits per heavy atom. The van der Waals surface area contributed by atoms with Gasteiger partial charge in [-0.05, 0) is 63.3 Å². The molecule has 0 aliphatic heterocycles. The molecule has 168 valence electrons. The van der Waals surface area contributed by atoms with Crippen LogP contribution in [0.15, 0.2) is 45.4 Å². The average Bonchev–Trinajstić information content (AvgIpc) is 3.19. The topological polar surface area (TPSA) is 151 Å². The standard InChI is InChI=1S/C22H27N7O3/c1-13(12-30)24-18-11-14(3-4-17(18)27-23)16-7-10-29-19(16)20(31)26-21(28-29)25-15-5-8-22(2,32)9-6-15/h3-4,7,10-11,13,23-24,30,32H,5-6,8-9,12H2,1-2H3,(H,26,28,31)/t13-,22?/m1/s1. The number of aliphatic hydroxyl groups excluding tert-OH is 1. The second-order valence-electron chi connectivity index (χ2n) is 8.55. The average molecular weight is 438 g/mol. The van der Waals surface area contributed by atoms with Gasteiger partial charge in [0.2, 0.25) is 5.95 Å². The van der Waals surface area contributed by atoms with E-state index in [4.69, 9.17) is 5.53 Å². The number of hydrogen-bond donors (Lipinski definition) is 5. The molecule has 1 aliphatic carbocycles. The lowest BCUT2D eigenvalue weighted by molar-refractivity contribution is 0.0399. The molecule has 10 heteroatoms. The second kappa shape index (κ2) is 8.64. The van der Waals surface area contributed by atoms with E-state index in [1.54, 1.807) is 30.5 Å². The first-order valence-electron chi connectivity index (χ1n) is 10.6. The Kier molecular flexibility index (Phi) is 5.90. The zero-order chi connectivity index (χ0) is 22.9. The molecule has 0 unspecified atom stereocenters. The number of hydrogen-bond acceptors (Lipinski definition) is 8. The summed E-state index contributed by atoms with van der Waals surface area (Å²) in [6.45, 7) is 3.58. The molecule has 32 heavy (non-hydrogen) atoms. The van der Waals surface area contributed by atoms with Crippen LogP contribution in [-0.4, -0.2) is 48.8 Å². The van der Waals surface area contributed by atoms with Crippen molar-refractivity contribution in [2.45, 2.75) is 51.2 Å². The quantitative estimate of drug-likeness (QED) is 0.374. The number of aliphatic hydroxyl groups is 2. The lowest BCUT2D eigenvalue weighted by Gasteiger charge is -2.28. The van der Waals surface area contributed by atoms with Gasteiger partial charge in [-0.1, -0.05) is 6.07 Å². The first kappa shape index (κ1) is 21.8. The third kappa shape index (κ3) is 4.46. The number of aliphatic imine (C=N–C) groups is 1. The van der Waals surface area contributed by atoms with Crippen LogP contribution in [0.25, 0.3) is 16.6 Å². The molecule has 1 aromatic carbocycles. The van der Waals surface area contributed by atoms with Gasteiger partial charge in [-0.15, -0.1) is 5.10 Å². The fraction of sp³-hybridized carbons (Fsp3) is 0.409. The molecule has 5 N–H and O–H groups in total. The smallest absolute Gasteiger partial charge is 0.277 e. The minimum absolute atomic E-state index is 0.0662. The van der Waals surface area contributed by atoms with Crippen LogP contribution in [0.2, 0.25) is 0 Å². The number of aromatic amines is 1. The minimum atomic E-state index is -0.662. The van der Waals surface area contributed by atoms with Crippen LogP contribution in [0.5, 0.6) is 0 Å². The maximum Gasteiger partial charge on any atom is 0.277 e. The number of nitrogens with one attached hydrogen (secondary N) is 3. The van der Waals surface area contributed by atoms with Gasteiger partial charge >= 0.3 is 0 Å². The molecule has 1 saturated carbocycles. The van der Waals surface area contributed by atoms with Crippen molar-refractivity contribution in [1.29, 1.82) is 5.53 Å². The van der Waals surface area contributed by atoms with Crippen molar-refractivity contribution in [1.82, 2.24) is 14.6 Å². The van der Waals surface area contributed by atoms with Crippen molar-refractivity contribution in [3.63, 3.8) is 0 Å². The highest BCUT2D eigenvalue weighted by atomic mass is 16.3. The molecule has 2 heterocycles. The third-order valence-electron chi connectivity index (χ3n) is 5.78. The first-order valence-corrected chi connectivity index (χ1v) is 10.6. The molecule has 1 fully saturated rings. The number of anilines is 1. The molecule has 0 saturated heterocycles. The molecule has 0 radical (unpaired) electrons. The summed E-state index contributed by atoms with van der Waals surface area (Å²) in [4.78, 5) is 20.2. The minimum Gasteiger partial charge on any atom is -0.394 e. The molecule has 1 aliphatic rings. The Bertz CT molecular complexity index is 1230. The van der Waals surface area contributed by atoms with Crippen LogP contribution in [-0.2, 0) is 0 Å². The Morgan fingerprint density at radius 3 is 2.78 bits per heavy atom. The maximum atomic E-state index is 12.9. The molecule has 0 amide bonds. The largest absolute Gasteiger partial charge is 0.394 e. The summed E-state index contributed by atoms with van der Waals surface area (Å²) < 4.78 is 1.51. The highest BCUT2D eigenvalue weighted by molar-refractivity contribution is 5.87. The van der Waals surface area contributed by atoms with Gasteiger partial charge in [0, 0.05) is 23.5 Å². The van der Waals surface area contributed by atoms with Gasteiger partial charge in [0.25, 0.3) is 5.56 Å². The predicted octanol–water partition coefficient (Wildman–Crippen LogP) is 3.54. The normalized spacial score (nSPS) is 19.7. The first-order chi connectivity index (χ1) is 15.3. The van der Waals surface area contributed by atoms with Gasteiger partial charge in [-0.3, -0.25) is 9.78 Å². The summed E-state index contributed by atoms with van der Waals surface area (Å²) in [6, 6.07) is 6.87. The molecule has 4 rings (SSSR count). The number of aromatic nitrogens is 3. The maximum absolute atomic E-state index is 12.9. The Labute approximate surface area is 184 Å². The monoisotopic (exact) mass is 437 g/mol. The molecule has 3 aromatic rings. The van der Waals surface area contributed by atoms with Gasteiger partial charge < -0.3 is 15.5 Å². The van der Waals surface area contributed by atoms with E-state index in [1.807, 2.05) is 13.8 Å². The fourth-order valence-electron chi connectivity index (χ4n) is 3.87. The highest BCUT2D eigenvalue weighted by Gasteiger charge is 2.26. The van der Waals surface area contributed by atoms with E-state index in [2.05, 4.69) is 25.5 Å². The second-order valence-corrected chi connectivity index (χ2v) is 8.55. The van der Waals surface area contributed by atoms with Crippen LogP contribution >= 0.6 is 0 Å². The zero-order valence-electron chi connectivity index (χ0n) is 18.1. The summed E-state index contributed by atoms with van der Waals surface area (Å²) in [7, 11) is 0. The van der Waals surface area contributed by atoms with E-state index in [1.165, 1.54) is 4.52 Å². The van der Waals surface area contributed by atoms with Gasteiger partial charge in [0.1, 0.15) is 11.2 Å². The van der Waals surface area contributed by atoms with E-state index in [0.717, 1.165) is 11.3 Å². The summed E-state index contributed by atoms with van der Waals surface area (Å²) in [5.41, 5.74) is 10.2. The van der Waals surface area contributed by atoms with E-state index in [0.29, 0.717) is 48.1 Å². The lowest BCUT2D eigenvalue weighted by Crippen LogP contribution is -2.30. The number of benzene rings is 1. The number of rotatable bonds is 6. The SMILES string of the molecule is C[C@H](CO)Nc1cc(-c2ccn3nc(N=C4CCC(C)(O)CC4)[nH]c(=O)c23)ccc1N=N. The number of fused-ring (bicyclic) bond motifs is 1. The molecule has 2 aromatic heterocycles. The van der Waals surface area contributed by atoms with Crippen LogP contribution in [0.4, 0.5) is 17.3 Å².